The van der Waals surface area contributed by atoms with Crippen molar-refractivity contribution in [3.05, 3.63) is 59.7 Å². The lowest BCUT2D eigenvalue weighted by Crippen LogP contribution is -2.17. The Morgan fingerprint density at radius 3 is 2.52 bits per heavy atom. The van der Waals surface area contributed by atoms with Crippen LogP contribution in [0.15, 0.2) is 42.5 Å². The molecule has 0 radical (unpaired) electrons. The molecule has 0 saturated carbocycles. The molecule has 0 spiro atoms. The molecule has 0 unspecified atom stereocenters. The first kappa shape index (κ1) is 16.9. The van der Waals surface area contributed by atoms with Crippen molar-refractivity contribution in [2.75, 3.05) is 17.2 Å². The number of para-hydroxylation sites is 1. The Morgan fingerprint density at radius 1 is 1.09 bits per heavy atom. The van der Waals surface area contributed by atoms with Gasteiger partial charge in [0.05, 0.1) is 5.69 Å². The number of carbonyl (C=O) groups is 1. The Kier molecular flexibility index (Phi) is 5.68. The summed E-state index contributed by atoms with van der Waals surface area (Å²) in [6, 6.07) is 10.9. The molecule has 0 fully saturated rings. The summed E-state index contributed by atoms with van der Waals surface area (Å²) in [5.74, 6) is -1.15. The van der Waals surface area contributed by atoms with E-state index in [1.165, 1.54) is 12.1 Å². The molecule has 0 aliphatic heterocycles. The maximum Gasteiger partial charge on any atom is 0.226 e. The molecule has 2 aromatic rings. The van der Waals surface area contributed by atoms with Crippen LogP contribution in [0, 0.1) is 11.6 Å². The Morgan fingerprint density at radius 2 is 1.83 bits per heavy atom. The molecule has 2 N–H and O–H groups in total. The molecule has 5 heteroatoms. The number of anilines is 2. The molecule has 3 nitrogen and oxygen atoms in total. The molecule has 0 aliphatic carbocycles. The molecule has 2 aromatic carbocycles. The minimum atomic E-state index is -0.671. The van der Waals surface area contributed by atoms with E-state index in [4.69, 9.17) is 0 Å². The molecule has 0 heterocycles. The van der Waals surface area contributed by atoms with Crippen LogP contribution in [0.1, 0.15) is 31.7 Å². The highest BCUT2D eigenvalue weighted by Crippen LogP contribution is 2.23. The van der Waals surface area contributed by atoms with Crippen LogP contribution < -0.4 is 10.6 Å². The van der Waals surface area contributed by atoms with Gasteiger partial charge in [-0.3, -0.25) is 4.79 Å². The normalized spacial score (nSPS) is 10.7. The molecule has 0 aliphatic rings. The summed E-state index contributed by atoms with van der Waals surface area (Å²) in [6.45, 7) is 4.38. The third-order valence-corrected chi connectivity index (χ3v) is 3.46. The summed E-state index contributed by atoms with van der Waals surface area (Å²) in [7, 11) is 0. The Bertz CT molecular complexity index is 686. The van der Waals surface area contributed by atoms with E-state index in [1.54, 1.807) is 0 Å². The van der Waals surface area contributed by atoms with Gasteiger partial charge in [0.2, 0.25) is 5.91 Å². The zero-order valence-electron chi connectivity index (χ0n) is 13.2. The van der Waals surface area contributed by atoms with Gasteiger partial charge in [0.25, 0.3) is 0 Å². The maximum atomic E-state index is 13.5. The number of benzene rings is 2. The van der Waals surface area contributed by atoms with Gasteiger partial charge in [-0.25, -0.2) is 8.78 Å². The molecular formula is C18H20F2N2O. The Balaban J connectivity index is 1.88. The summed E-state index contributed by atoms with van der Waals surface area (Å²) in [5.41, 5.74) is 2.04. The van der Waals surface area contributed by atoms with Crippen LogP contribution in [-0.2, 0) is 4.79 Å². The van der Waals surface area contributed by atoms with E-state index in [0.717, 1.165) is 17.3 Å². The highest BCUT2D eigenvalue weighted by Gasteiger charge is 2.09. The van der Waals surface area contributed by atoms with Gasteiger partial charge in [0.15, 0.2) is 0 Å². The van der Waals surface area contributed by atoms with E-state index < -0.39 is 11.6 Å². The van der Waals surface area contributed by atoms with Crippen molar-refractivity contribution in [1.29, 1.82) is 0 Å². The predicted molar refractivity (Wildman–Crippen MR) is 88.6 cm³/mol. The number of halogens is 2. The summed E-state index contributed by atoms with van der Waals surface area (Å²) in [5, 5.41) is 5.66. The average Bonchev–Trinajstić information content (AvgIpc) is 2.50. The van der Waals surface area contributed by atoms with E-state index >= 15 is 0 Å². The van der Waals surface area contributed by atoms with E-state index in [1.807, 2.05) is 24.3 Å². The van der Waals surface area contributed by atoms with Gasteiger partial charge in [-0.1, -0.05) is 32.0 Å². The van der Waals surface area contributed by atoms with Crippen LogP contribution in [0.3, 0.4) is 0 Å². The molecule has 0 bridgehead atoms. The van der Waals surface area contributed by atoms with Crippen LogP contribution in [0.5, 0.6) is 0 Å². The second kappa shape index (κ2) is 7.72. The summed E-state index contributed by atoms with van der Waals surface area (Å²) >= 11 is 0. The lowest BCUT2D eigenvalue weighted by atomic mass is 10.0. The zero-order valence-corrected chi connectivity index (χ0v) is 13.2. The zero-order chi connectivity index (χ0) is 16.8. The van der Waals surface area contributed by atoms with Gasteiger partial charge in [-0.05, 0) is 29.7 Å². The highest BCUT2D eigenvalue weighted by molar-refractivity contribution is 5.91. The van der Waals surface area contributed by atoms with Gasteiger partial charge in [-0.2, -0.15) is 0 Å². The summed E-state index contributed by atoms with van der Waals surface area (Å²) in [4.78, 5) is 12.0. The van der Waals surface area contributed by atoms with Crippen molar-refractivity contribution in [1.82, 2.24) is 0 Å². The molecule has 0 saturated heterocycles. The molecule has 2 rings (SSSR count). The third-order valence-electron chi connectivity index (χ3n) is 3.46. The summed E-state index contributed by atoms with van der Waals surface area (Å²) < 4.78 is 26.3. The number of amides is 1. The van der Waals surface area contributed by atoms with Crippen molar-refractivity contribution in [3.63, 3.8) is 0 Å². The Hall–Kier alpha value is -2.43. The monoisotopic (exact) mass is 318 g/mol. The number of hydrogen-bond donors (Lipinski definition) is 2. The first-order valence-corrected chi connectivity index (χ1v) is 7.55. The lowest BCUT2D eigenvalue weighted by Gasteiger charge is -2.14. The second-order valence-electron chi connectivity index (χ2n) is 5.59. The van der Waals surface area contributed by atoms with Crippen LogP contribution in [0.2, 0.25) is 0 Å². The van der Waals surface area contributed by atoms with Gasteiger partial charge in [-0.15, -0.1) is 0 Å². The number of rotatable bonds is 6. The van der Waals surface area contributed by atoms with Gasteiger partial charge >= 0.3 is 0 Å². The van der Waals surface area contributed by atoms with Crippen LogP contribution in [0.4, 0.5) is 20.2 Å². The second-order valence-corrected chi connectivity index (χ2v) is 5.59. The van der Waals surface area contributed by atoms with Crippen LogP contribution in [0.25, 0.3) is 0 Å². The molecule has 0 atom stereocenters. The standard InChI is InChI=1S/C18H20F2N2O/c1-12(2)14-5-3-4-6-16(14)22-18(23)9-10-21-17-8-7-13(19)11-15(17)20/h3-8,11-12,21H,9-10H2,1-2H3,(H,22,23). The Labute approximate surface area is 134 Å². The summed E-state index contributed by atoms with van der Waals surface area (Å²) in [6.07, 6.45) is 0.184. The largest absolute Gasteiger partial charge is 0.382 e. The number of carbonyl (C=O) groups excluding carboxylic acids is 1. The molecular weight excluding hydrogens is 298 g/mol. The quantitative estimate of drug-likeness (QED) is 0.821. The molecule has 122 valence electrons. The molecule has 1 amide bonds. The predicted octanol–water partition coefficient (Wildman–Crippen LogP) is 4.53. The van der Waals surface area contributed by atoms with Crippen molar-refractivity contribution in [2.45, 2.75) is 26.2 Å². The van der Waals surface area contributed by atoms with Crippen molar-refractivity contribution in [3.8, 4) is 0 Å². The lowest BCUT2D eigenvalue weighted by molar-refractivity contribution is -0.115. The topological polar surface area (TPSA) is 41.1 Å². The van der Waals surface area contributed by atoms with E-state index in [2.05, 4.69) is 24.5 Å². The van der Waals surface area contributed by atoms with E-state index in [9.17, 15) is 13.6 Å². The van der Waals surface area contributed by atoms with Gasteiger partial charge in [0.1, 0.15) is 11.6 Å². The van der Waals surface area contributed by atoms with E-state index in [0.29, 0.717) is 5.92 Å². The number of nitrogens with one attached hydrogen (secondary N) is 2. The van der Waals surface area contributed by atoms with Crippen LogP contribution >= 0.6 is 0 Å². The fourth-order valence-electron chi connectivity index (χ4n) is 2.27. The van der Waals surface area contributed by atoms with Crippen molar-refractivity contribution < 1.29 is 13.6 Å². The van der Waals surface area contributed by atoms with Crippen molar-refractivity contribution >= 4 is 17.3 Å². The first-order valence-electron chi connectivity index (χ1n) is 7.55. The fourth-order valence-corrected chi connectivity index (χ4v) is 2.27. The van der Waals surface area contributed by atoms with E-state index in [-0.39, 0.29) is 24.6 Å². The third kappa shape index (κ3) is 4.77. The minimum absolute atomic E-state index is 0.159. The SMILES string of the molecule is CC(C)c1ccccc1NC(=O)CCNc1ccc(F)cc1F. The van der Waals surface area contributed by atoms with Crippen molar-refractivity contribution in [2.24, 2.45) is 0 Å². The fraction of sp³-hybridized carbons (Fsp3) is 0.278. The highest BCUT2D eigenvalue weighted by atomic mass is 19.1. The number of hydrogen-bond acceptors (Lipinski definition) is 2. The smallest absolute Gasteiger partial charge is 0.226 e. The first-order chi connectivity index (χ1) is 11.0. The van der Waals surface area contributed by atoms with Gasteiger partial charge < -0.3 is 10.6 Å². The van der Waals surface area contributed by atoms with Crippen LogP contribution in [-0.4, -0.2) is 12.5 Å². The molecule has 0 aromatic heterocycles. The average molecular weight is 318 g/mol. The van der Waals surface area contributed by atoms with Gasteiger partial charge in [0, 0.05) is 24.7 Å². The molecule has 23 heavy (non-hydrogen) atoms. The minimum Gasteiger partial charge on any atom is -0.382 e. The maximum absolute atomic E-state index is 13.5.